The summed E-state index contributed by atoms with van der Waals surface area (Å²) in [5.41, 5.74) is 5.12. The van der Waals surface area contributed by atoms with Gasteiger partial charge in [-0.05, 0) is 56.9 Å². The van der Waals surface area contributed by atoms with E-state index in [0.29, 0.717) is 11.6 Å². The van der Waals surface area contributed by atoms with Crippen LogP contribution in [0.3, 0.4) is 0 Å². The third kappa shape index (κ3) is 4.28. The Balaban J connectivity index is 1.55. The number of fused-ring (bicyclic) bond motifs is 1. The zero-order valence-electron chi connectivity index (χ0n) is 16.9. The van der Waals surface area contributed by atoms with Crippen molar-refractivity contribution in [2.75, 3.05) is 18.9 Å². The van der Waals surface area contributed by atoms with Crippen molar-refractivity contribution in [3.8, 4) is 5.69 Å². The first kappa shape index (κ1) is 19.8. The second-order valence-electron chi connectivity index (χ2n) is 7.41. The summed E-state index contributed by atoms with van der Waals surface area (Å²) in [6.45, 7) is 7.45. The number of hydrogen-bond acceptors (Lipinski definition) is 6. The van der Waals surface area contributed by atoms with Crippen molar-refractivity contribution in [1.29, 1.82) is 0 Å². The summed E-state index contributed by atoms with van der Waals surface area (Å²) in [4.78, 5) is 12.3. The topological polar surface area (TPSA) is 81.9 Å². The van der Waals surface area contributed by atoms with Gasteiger partial charge in [-0.3, -0.25) is 4.79 Å². The van der Waals surface area contributed by atoms with Crippen LogP contribution in [0.25, 0.3) is 16.6 Å². The number of amides is 1. The summed E-state index contributed by atoms with van der Waals surface area (Å²) < 4.78 is 7.44. The smallest absolute Gasteiger partial charge is 0.230 e. The Morgan fingerprint density at radius 2 is 2.14 bits per heavy atom. The van der Waals surface area contributed by atoms with Crippen LogP contribution in [-0.2, 0) is 9.53 Å². The Labute approximate surface area is 174 Å². The third-order valence-electron chi connectivity index (χ3n) is 5.28. The third-order valence-corrected chi connectivity index (χ3v) is 6.23. The Bertz CT molecular complexity index is 1040. The second kappa shape index (κ2) is 8.51. The molecular weight excluding hydrogens is 386 g/mol. The number of ether oxygens (including phenoxy) is 1. The molecule has 4 rings (SSSR count). The highest BCUT2D eigenvalue weighted by Crippen LogP contribution is 2.29. The van der Waals surface area contributed by atoms with Gasteiger partial charge >= 0.3 is 0 Å². The lowest BCUT2D eigenvalue weighted by Gasteiger charge is -2.11. The van der Waals surface area contributed by atoms with E-state index in [9.17, 15) is 4.79 Å². The molecule has 152 valence electrons. The average Bonchev–Trinajstić information content (AvgIpc) is 3.38. The van der Waals surface area contributed by atoms with Crippen molar-refractivity contribution in [1.82, 2.24) is 25.3 Å². The quantitative estimate of drug-likeness (QED) is 0.628. The number of rotatable bonds is 6. The molecule has 1 saturated heterocycles. The molecule has 1 N–H and O–H groups in total. The van der Waals surface area contributed by atoms with E-state index in [0.717, 1.165) is 41.7 Å². The molecule has 0 unspecified atom stereocenters. The first-order valence-corrected chi connectivity index (χ1v) is 10.8. The Morgan fingerprint density at radius 3 is 2.90 bits per heavy atom. The van der Waals surface area contributed by atoms with Gasteiger partial charge in [0.15, 0.2) is 0 Å². The first-order valence-electron chi connectivity index (χ1n) is 9.82. The Hall–Kier alpha value is -2.45. The molecule has 1 fully saturated rings. The minimum Gasteiger partial charge on any atom is -0.376 e. The minimum atomic E-state index is -0.0294. The van der Waals surface area contributed by atoms with E-state index in [1.807, 2.05) is 23.9 Å². The summed E-state index contributed by atoms with van der Waals surface area (Å²) in [5.74, 6) is 0.246. The monoisotopic (exact) mass is 411 g/mol. The maximum absolute atomic E-state index is 12.3. The lowest BCUT2D eigenvalue weighted by molar-refractivity contribution is -0.119. The summed E-state index contributed by atoms with van der Waals surface area (Å²) in [7, 11) is 0. The van der Waals surface area contributed by atoms with Crippen LogP contribution >= 0.6 is 11.8 Å². The molecule has 0 bridgehead atoms. The molecule has 1 aliphatic heterocycles. The molecule has 0 saturated carbocycles. The molecule has 0 spiro atoms. The second-order valence-corrected chi connectivity index (χ2v) is 8.37. The maximum atomic E-state index is 12.3. The summed E-state index contributed by atoms with van der Waals surface area (Å²) >= 11 is 1.38. The van der Waals surface area contributed by atoms with Crippen molar-refractivity contribution < 1.29 is 9.53 Å². The van der Waals surface area contributed by atoms with Gasteiger partial charge < -0.3 is 10.1 Å². The number of aryl methyl sites for hydroxylation is 3. The number of carbonyl (C=O) groups is 1. The highest BCUT2D eigenvalue weighted by molar-refractivity contribution is 8.00. The van der Waals surface area contributed by atoms with Crippen molar-refractivity contribution >= 4 is 28.6 Å². The van der Waals surface area contributed by atoms with Crippen LogP contribution in [0.15, 0.2) is 29.4 Å². The van der Waals surface area contributed by atoms with Crippen LogP contribution < -0.4 is 5.32 Å². The molecule has 3 aromatic rings. The van der Waals surface area contributed by atoms with Crippen LogP contribution in [-0.4, -0.2) is 50.9 Å². The van der Waals surface area contributed by atoms with Gasteiger partial charge in [-0.25, -0.2) is 4.68 Å². The van der Waals surface area contributed by atoms with Crippen LogP contribution in [0.5, 0.6) is 0 Å². The van der Waals surface area contributed by atoms with Crippen molar-refractivity contribution in [2.45, 2.75) is 44.7 Å². The van der Waals surface area contributed by atoms with E-state index >= 15 is 0 Å². The van der Waals surface area contributed by atoms with Crippen LogP contribution in [0.4, 0.5) is 0 Å². The number of aromatic nitrogens is 4. The molecule has 7 nitrogen and oxygen atoms in total. The zero-order valence-corrected chi connectivity index (χ0v) is 17.8. The molecule has 3 heterocycles. The van der Waals surface area contributed by atoms with Gasteiger partial charge in [-0.2, -0.15) is 10.2 Å². The van der Waals surface area contributed by atoms with Gasteiger partial charge in [0.1, 0.15) is 10.5 Å². The molecule has 1 aliphatic rings. The molecule has 1 aromatic carbocycles. The Kier molecular flexibility index (Phi) is 5.82. The lowest BCUT2D eigenvalue weighted by Crippen LogP contribution is -2.32. The summed E-state index contributed by atoms with van der Waals surface area (Å²) in [6.07, 6.45) is 4.03. The van der Waals surface area contributed by atoms with Gasteiger partial charge in [0.05, 0.1) is 29.4 Å². The number of nitrogens with zero attached hydrogens (tertiary/aromatic N) is 4. The van der Waals surface area contributed by atoms with Gasteiger partial charge in [0.2, 0.25) is 5.91 Å². The number of carbonyl (C=O) groups excluding carboxylic acids is 1. The van der Waals surface area contributed by atoms with E-state index in [2.05, 4.69) is 46.6 Å². The normalized spacial score (nSPS) is 16.4. The number of benzene rings is 1. The van der Waals surface area contributed by atoms with Crippen molar-refractivity contribution in [3.05, 3.63) is 41.2 Å². The standard InChI is InChI=1S/C21H25N5O2S/c1-13-6-7-16(9-14(13)2)26-20-18(11-23-26)15(3)24-25-21(20)29-12-19(27)22-10-17-5-4-8-28-17/h6-7,9,11,17H,4-5,8,10,12H2,1-3H3,(H,22,27)/t17-/m1/s1. The fraction of sp³-hybridized carbons (Fsp3) is 0.429. The molecule has 1 amide bonds. The van der Waals surface area contributed by atoms with Crippen molar-refractivity contribution in [2.24, 2.45) is 0 Å². The fourth-order valence-electron chi connectivity index (χ4n) is 3.41. The van der Waals surface area contributed by atoms with Gasteiger partial charge in [-0.15, -0.1) is 5.10 Å². The molecular formula is C21H25N5O2S. The predicted molar refractivity (Wildman–Crippen MR) is 114 cm³/mol. The molecule has 0 radical (unpaired) electrons. The van der Waals surface area contributed by atoms with E-state index < -0.39 is 0 Å². The zero-order chi connectivity index (χ0) is 20.4. The van der Waals surface area contributed by atoms with E-state index in [1.165, 1.54) is 22.9 Å². The maximum Gasteiger partial charge on any atom is 0.230 e. The average molecular weight is 412 g/mol. The highest BCUT2D eigenvalue weighted by Gasteiger charge is 2.18. The number of nitrogens with one attached hydrogen (secondary N) is 1. The fourth-order valence-corrected chi connectivity index (χ4v) is 4.21. The number of thioether (sulfide) groups is 1. The van der Waals surface area contributed by atoms with Crippen LogP contribution in [0.2, 0.25) is 0 Å². The molecule has 29 heavy (non-hydrogen) atoms. The van der Waals surface area contributed by atoms with E-state index in [4.69, 9.17) is 4.74 Å². The van der Waals surface area contributed by atoms with Crippen LogP contribution in [0, 0.1) is 20.8 Å². The highest BCUT2D eigenvalue weighted by atomic mass is 32.2. The minimum absolute atomic E-state index is 0.0294. The largest absolute Gasteiger partial charge is 0.376 e. The van der Waals surface area contributed by atoms with E-state index in [-0.39, 0.29) is 17.8 Å². The summed E-state index contributed by atoms with van der Waals surface area (Å²) in [5, 5.41) is 17.8. The van der Waals surface area contributed by atoms with Gasteiger partial charge in [0, 0.05) is 18.5 Å². The van der Waals surface area contributed by atoms with Crippen LogP contribution in [0.1, 0.15) is 29.7 Å². The van der Waals surface area contributed by atoms with Gasteiger partial charge in [0.25, 0.3) is 0 Å². The summed E-state index contributed by atoms with van der Waals surface area (Å²) in [6, 6.07) is 6.25. The lowest BCUT2D eigenvalue weighted by atomic mass is 10.1. The van der Waals surface area contributed by atoms with E-state index in [1.54, 1.807) is 0 Å². The predicted octanol–water partition coefficient (Wildman–Crippen LogP) is 3.13. The molecule has 0 aliphatic carbocycles. The molecule has 1 atom stereocenters. The number of hydrogen-bond donors (Lipinski definition) is 1. The molecule has 8 heteroatoms. The SMILES string of the molecule is Cc1ccc(-n2ncc3c(C)nnc(SCC(=O)NC[C@H]4CCCO4)c32)cc1C. The Morgan fingerprint density at radius 1 is 1.28 bits per heavy atom. The molecule has 2 aromatic heterocycles. The van der Waals surface area contributed by atoms with Gasteiger partial charge in [-0.1, -0.05) is 17.8 Å². The van der Waals surface area contributed by atoms with Crippen molar-refractivity contribution in [3.63, 3.8) is 0 Å². The first-order chi connectivity index (χ1) is 14.0.